The van der Waals surface area contributed by atoms with Gasteiger partial charge in [-0.05, 0) is 55.3 Å². The lowest BCUT2D eigenvalue weighted by atomic mass is 10.2. The molecule has 2 N–H and O–H groups in total. The highest BCUT2D eigenvalue weighted by Gasteiger charge is 2.25. The van der Waals surface area contributed by atoms with Gasteiger partial charge < -0.3 is 0 Å². The molecule has 0 saturated carbocycles. The van der Waals surface area contributed by atoms with Crippen molar-refractivity contribution in [1.82, 2.24) is 19.5 Å². The Morgan fingerprint density at radius 3 is 1.88 bits per heavy atom. The third-order valence-corrected chi connectivity index (χ3v) is 9.21. The number of hydrogen-bond acceptors (Lipinski definition) is 6. The lowest BCUT2D eigenvalue weighted by Gasteiger charge is -2.20. The summed E-state index contributed by atoms with van der Waals surface area (Å²) in [7, 11) is -4.59. The molecule has 0 aromatic heterocycles. The quantitative estimate of drug-likeness (QED) is 0.569. The smallest absolute Gasteiger partial charge is 0.267 e. The van der Waals surface area contributed by atoms with Crippen molar-refractivity contribution in [3.05, 3.63) is 59.7 Å². The first-order valence-electron chi connectivity index (χ1n) is 10.8. The van der Waals surface area contributed by atoms with Crippen molar-refractivity contribution < 1.29 is 26.4 Å². The van der Waals surface area contributed by atoms with Crippen LogP contribution < -0.4 is 10.9 Å². The standard InChI is InChI=1S/C22H28N4O6S2/c1-25(2)33(29,30)20-9-7-8-18(16-20)22(28)24-23-21(27)17-10-12-19(13-11-17)34(31,32)26-14-5-3-4-6-15-26/h7-13,16H,3-6,14-15H2,1-2H3,(H,23,27)(H,24,28). The van der Waals surface area contributed by atoms with Crippen LogP contribution in [0.15, 0.2) is 58.3 Å². The van der Waals surface area contributed by atoms with Gasteiger partial charge >= 0.3 is 0 Å². The molecule has 34 heavy (non-hydrogen) atoms. The van der Waals surface area contributed by atoms with Gasteiger partial charge in [0.15, 0.2) is 0 Å². The van der Waals surface area contributed by atoms with Crippen molar-refractivity contribution in [3.8, 4) is 0 Å². The molecule has 2 aromatic rings. The van der Waals surface area contributed by atoms with E-state index in [0.29, 0.717) is 13.1 Å². The van der Waals surface area contributed by atoms with Crippen molar-refractivity contribution in [2.45, 2.75) is 35.5 Å². The van der Waals surface area contributed by atoms with Crippen LogP contribution in [0.4, 0.5) is 0 Å². The van der Waals surface area contributed by atoms with Crippen molar-refractivity contribution in [2.24, 2.45) is 0 Å². The molecule has 0 spiro atoms. The van der Waals surface area contributed by atoms with Crippen LogP contribution in [-0.4, -0.2) is 64.4 Å². The highest BCUT2D eigenvalue weighted by atomic mass is 32.2. The Morgan fingerprint density at radius 2 is 1.32 bits per heavy atom. The van der Waals surface area contributed by atoms with Crippen LogP contribution in [0.2, 0.25) is 0 Å². The molecule has 12 heteroatoms. The van der Waals surface area contributed by atoms with Crippen LogP contribution in [-0.2, 0) is 20.0 Å². The van der Waals surface area contributed by atoms with Crippen LogP contribution in [0, 0.1) is 0 Å². The summed E-state index contributed by atoms with van der Waals surface area (Å²) in [6.45, 7) is 0.960. The Balaban J connectivity index is 1.65. The lowest BCUT2D eigenvalue weighted by Crippen LogP contribution is -2.41. The van der Waals surface area contributed by atoms with Gasteiger partial charge in [0.05, 0.1) is 9.79 Å². The van der Waals surface area contributed by atoms with Gasteiger partial charge in [-0.25, -0.2) is 21.1 Å². The predicted octanol–water partition coefficient (Wildman–Crippen LogP) is 1.58. The Bertz CT molecular complexity index is 1250. The summed E-state index contributed by atoms with van der Waals surface area (Å²) in [5.74, 6) is -1.35. The van der Waals surface area contributed by atoms with Gasteiger partial charge in [0.2, 0.25) is 20.0 Å². The molecule has 10 nitrogen and oxygen atoms in total. The number of nitrogens with zero attached hydrogens (tertiary/aromatic N) is 2. The van der Waals surface area contributed by atoms with Crippen LogP contribution in [0.5, 0.6) is 0 Å². The van der Waals surface area contributed by atoms with Crippen molar-refractivity contribution >= 4 is 31.9 Å². The molecule has 1 aliphatic rings. The van der Waals surface area contributed by atoms with E-state index in [9.17, 15) is 26.4 Å². The van der Waals surface area contributed by atoms with E-state index in [1.807, 2.05) is 0 Å². The van der Waals surface area contributed by atoms with Gasteiger partial charge in [-0.1, -0.05) is 18.9 Å². The number of carbonyl (C=O) groups is 2. The Kier molecular flexibility index (Phi) is 8.08. The first-order valence-corrected chi connectivity index (χ1v) is 13.6. The highest BCUT2D eigenvalue weighted by molar-refractivity contribution is 7.89. The summed E-state index contributed by atoms with van der Waals surface area (Å²) in [5, 5.41) is 0. The van der Waals surface area contributed by atoms with Crippen molar-refractivity contribution in [2.75, 3.05) is 27.2 Å². The fourth-order valence-corrected chi connectivity index (χ4v) is 5.94. The molecule has 0 bridgehead atoms. The zero-order chi connectivity index (χ0) is 24.9. The number of sulfonamides is 2. The highest BCUT2D eigenvalue weighted by Crippen LogP contribution is 2.21. The molecule has 0 atom stereocenters. The van der Waals surface area contributed by atoms with E-state index in [2.05, 4.69) is 10.9 Å². The van der Waals surface area contributed by atoms with E-state index in [-0.39, 0.29) is 20.9 Å². The molecule has 0 radical (unpaired) electrons. The topological polar surface area (TPSA) is 133 Å². The molecule has 0 unspecified atom stereocenters. The summed E-state index contributed by atoms with van der Waals surface area (Å²) in [6, 6.07) is 10.9. The molecular weight excluding hydrogens is 480 g/mol. The largest absolute Gasteiger partial charge is 0.269 e. The fraction of sp³-hybridized carbons (Fsp3) is 0.364. The zero-order valence-electron chi connectivity index (χ0n) is 19.0. The molecule has 1 aliphatic heterocycles. The Hall–Kier alpha value is -2.80. The SMILES string of the molecule is CN(C)S(=O)(=O)c1cccc(C(=O)NNC(=O)c2ccc(S(=O)(=O)N3CCCCCC3)cc2)c1. The Labute approximate surface area is 200 Å². The van der Waals surface area contributed by atoms with Gasteiger partial charge in [-0.15, -0.1) is 0 Å². The maximum atomic E-state index is 12.9. The molecule has 2 aromatic carbocycles. The fourth-order valence-electron chi connectivity index (χ4n) is 3.48. The number of nitrogens with one attached hydrogen (secondary N) is 2. The monoisotopic (exact) mass is 508 g/mol. The second-order valence-electron chi connectivity index (χ2n) is 8.07. The minimum absolute atomic E-state index is 0.0436. The maximum absolute atomic E-state index is 12.9. The van der Waals surface area contributed by atoms with E-state index < -0.39 is 31.9 Å². The molecule has 0 aliphatic carbocycles. The number of carbonyl (C=O) groups excluding carboxylic acids is 2. The predicted molar refractivity (Wildman–Crippen MR) is 126 cm³/mol. The van der Waals surface area contributed by atoms with E-state index in [0.717, 1.165) is 30.0 Å². The third kappa shape index (κ3) is 5.81. The van der Waals surface area contributed by atoms with Crippen LogP contribution >= 0.6 is 0 Å². The minimum atomic E-state index is -3.72. The van der Waals surface area contributed by atoms with Crippen LogP contribution in [0.1, 0.15) is 46.4 Å². The van der Waals surface area contributed by atoms with E-state index in [4.69, 9.17) is 0 Å². The van der Waals surface area contributed by atoms with Crippen LogP contribution in [0.25, 0.3) is 0 Å². The normalized spacial score (nSPS) is 15.5. The summed E-state index contributed by atoms with van der Waals surface area (Å²) in [5.41, 5.74) is 4.68. The van der Waals surface area contributed by atoms with E-state index in [1.165, 1.54) is 66.9 Å². The molecule has 2 amide bonds. The number of hydrogen-bond donors (Lipinski definition) is 2. The lowest BCUT2D eigenvalue weighted by molar-refractivity contribution is 0.0846. The molecule has 184 valence electrons. The summed E-state index contributed by atoms with van der Waals surface area (Å²) < 4.78 is 52.7. The first-order chi connectivity index (χ1) is 16.0. The minimum Gasteiger partial charge on any atom is -0.267 e. The van der Waals surface area contributed by atoms with Gasteiger partial charge in [0, 0.05) is 38.3 Å². The Morgan fingerprint density at radius 1 is 0.765 bits per heavy atom. The molecule has 1 heterocycles. The second-order valence-corrected chi connectivity index (χ2v) is 12.2. The van der Waals surface area contributed by atoms with E-state index >= 15 is 0 Å². The summed E-state index contributed by atoms with van der Waals surface area (Å²) in [4.78, 5) is 24.9. The maximum Gasteiger partial charge on any atom is 0.269 e. The summed E-state index contributed by atoms with van der Waals surface area (Å²) in [6.07, 6.45) is 3.66. The number of hydrazine groups is 1. The van der Waals surface area contributed by atoms with Gasteiger partial charge in [-0.2, -0.15) is 4.31 Å². The molecule has 1 saturated heterocycles. The van der Waals surface area contributed by atoms with Gasteiger partial charge in [-0.3, -0.25) is 20.4 Å². The van der Waals surface area contributed by atoms with Gasteiger partial charge in [0.25, 0.3) is 11.8 Å². The van der Waals surface area contributed by atoms with Gasteiger partial charge in [0.1, 0.15) is 0 Å². The van der Waals surface area contributed by atoms with E-state index in [1.54, 1.807) is 0 Å². The number of benzene rings is 2. The average Bonchev–Trinajstić information content (AvgIpc) is 3.12. The third-order valence-electron chi connectivity index (χ3n) is 5.48. The first kappa shape index (κ1) is 25.8. The number of amides is 2. The zero-order valence-corrected chi connectivity index (χ0v) is 20.7. The molecule has 1 fully saturated rings. The van der Waals surface area contributed by atoms with Crippen molar-refractivity contribution in [3.63, 3.8) is 0 Å². The number of rotatable bonds is 6. The second kappa shape index (κ2) is 10.6. The molecular formula is C22H28N4O6S2. The average molecular weight is 509 g/mol. The molecule has 3 rings (SSSR count). The summed E-state index contributed by atoms with van der Waals surface area (Å²) >= 11 is 0. The van der Waals surface area contributed by atoms with Crippen LogP contribution in [0.3, 0.4) is 0 Å². The van der Waals surface area contributed by atoms with Crippen molar-refractivity contribution in [1.29, 1.82) is 0 Å².